The predicted octanol–water partition coefficient (Wildman–Crippen LogP) is 3.03. The van der Waals surface area contributed by atoms with Crippen LogP contribution in [-0.4, -0.2) is 39.3 Å². The highest BCUT2D eigenvalue weighted by Crippen LogP contribution is 2.21. The van der Waals surface area contributed by atoms with Crippen molar-refractivity contribution < 1.29 is 4.74 Å². The lowest BCUT2D eigenvalue weighted by molar-refractivity contribution is 0.143. The Kier molecular flexibility index (Phi) is 9.70. The highest BCUT2D eigenvalue weighted by atomic mass is 79.9. The fourth-order valence-corrected chi connectivity index (χ4v) is 3.17. The standard InChI is InChI=1S/C14H24BrN3OS/c1-3-19-11-5-4-9-17-14(16-2)18-10-8-12-6-7-13(15)20-12/h6-7H,3-5,8-11H2,1-2H3,(H2,16,17,18). The van der Waals surface area contributed by atoms with Gasteiger partial charge in [0.05, 0.1) is 3.79 Å². The van der Waals surface area contributed by atoms with Gasteiger partial charge in [-0.05, 0) is 54.2 Å². The van der Waals surface area contributed by atoms with Gasteiger partial charge in [0.1, 0.15) is 0 Å². The molecular weight excluding hydrogens is 338 g/mol. The number of aliphatic imine (C=N–C) groups is 1. The number of unbranched alkanes of at least 4 members (excludes halogenated alkanes) is 1. The Hall–Kier alpha value is -0.590. The van der Waals surface area contributed by atoms with E-state index in [-0.39, 0.29) is 0 Å². The van der Waals surface area contributed by atoms with Crippen LogP contribution in [0.5, 0.6) is 0 Å². The van der Waals surface area contributed by atoms with Gasteiger partial charge in [-0.25, -0.2) is 0 Å². The maximum atomic E-state index is 5.31. The normalized spacial score (nSPS) is 11.7. The average molecular weight is 362 g/mol. The molecule has 0 unspecified atom stereocenters. The maximum absolute atomic E-state index is 5.31. The van der Waals surface area contributed by atoms with Gasteiger partial charge in [-0.1, -0.05) is 0 Å². The highest BCUT2D eigenvalue weighted by Gasteiger charge is 2.00. The highest BCUT2D eigenvalue weighted by molar-refractivity contribution is 9.11. The zero-order chi connectivity index (χ0) is 14.6. The van der Waals surface area contributed by atoms with Crippen molar-refractivity contribution in [1.29, 1.82) is 0 Å². The molecule has 0 amide bonds. The first-order chi connectivity index (χ1) is 9.76. The molecular formula is C14H24BrN3OS. The van der Waals surface area contributed by atoms with Crippen LogP contribution in [0.25, 0.3) is 0 Å². The van der Waals surface area contributed by atoms with Crippen LogP contribution in [0.2, 0.25) is 0 Å². The minimum Gasteiger partial charge on any atom is -0.382 e. The van der Waals surface area contributed by atoms with Crippen LogP contribution >= 0.6 is 27.3 Å². The van der Waals surface area contributed by atoms with E-state index in [9.17, 15) is 0 Å². The molecule has 0 bridgehead atoms. The molecule has 0 saturated carbocycles. The van der Waals surface area contributed by atoms with Crippen LogP contribution in [0.3, 0.4) is 0 Å². The number of hydrogen-bond acceptors (Lipinski definition) is 3. The lowest BCUT2D eigenvalue weighted by Gasteiger charge is -2.11. The van der Waals surface area contributed by atoms with Crippen molar-refractivity contribution >= 4 is 33.2 Å². The smallest absolute Gasteiger partial charge is 0.190 e. The first-order valence-electron chi connectivity index (χ1n) is 7.02. The van der Waals surface area contributed by atoms with E-state index in [1.165, 1.54) is 8.66 Å². The van der Waals surface area contributed by atoms with E-state index in [0.29, 0.717) is 0 Å². The van der Waals surface area contributed by atoms with Crippen molar-refractivity contribution in [1.82, 2.24) is 10.6 Å². The number of hydrogen-bond donors (Lipinski definition) is 2. The summed E-state index contributed by atoms with van der Waals surface area (Å²) < 4.78 is 6.49. The Morgan fingerprint density at radius 2 is 2.10 bits per heavy atom. The zero-order valence-corrected chi connectivity index (χ0v) is 14.6. The third-order valence-electron chi connectivity index (χ3n) is 2.73. The molecule has 0 aliphatic rings. The van der Waals surface area contributed by atoms with Crippen molar-refractivity contribution in [2.75, 3.05) is 33.4 Å². The molecule has 1 rings (SSSR count). The second-order valence-corrected chi connectivity index (χ2v) is 6.83. The summed E-state index contributed by atoms with van der Waals surface area (Å²) in [6, 6.07) is 4.24. The first kappa shape index (κ1) is 17.5. The van der Waals surface area contributed by atoms with Crippen LogP contribution in [0.1, 0.15) is 24.6 Å². The van der Waals surface area contributed by atoms with Gasteiger partial charge < -0.3 is 15.4 Å². The number of nitrogens with zero attached hydrogens (tertiary/aromatic N) is 1. The third-order valence-corrected chi connectivity index (χ3v) is 4.41. The molecule has 6 heteroatoms. The number of ether oxygens (including phenoxy) is 1. The molecule has 0 radical (unpaired) electrons. The Bertz CT molecular complexity index is 396. The van der Waals surface area contributed by atoms with E-state index in [0.717, 1.165) is 51.5 Å². The summed E-state index contributed by atoms with van der Waals surface area (Å²) in [5.41, 5.74) is 0. The summed E-state index contributed by atoms with van der Waals surface area (Å²) >= 11 is 5.26. The molecule has 4 nitrogen and oxygen atoms in total. The summed E-state index contributed by atoms with van der Waals surface area (Å²) in [6.07, 6.45) is 3.20. The van der Waals surface area contributed by atoms with Crippen molar-refractivity contribution in [2.24, 2.45) is 4.99 Å². The number of guanidine groups is 1. The van der Waals surface area contributed by atoms with Crippen molar-refractivity contribution in [3.8, 4) is 0 Å². The molecule has 20 heavy (non-hydrogen) atoms. The van der Waals surface area contributed by atoms with E-state index < -0.39 is 0 Å². The molecule has 0 saturated heterocycles. The summed E-state index contributed by atoms with van der Waals surface area (Å²) in [5, 5.41) is 6.64. The Morgan fingerprint density at radius 3 is 2.75 bits per heavy atom. The fourth-order valence-electron chi connectivity index (χ4n) is 1.69. The number of nitrogens with one attached hydrogen (secondary N) is 2. The van der Waals surface area contributed by atoms with Gasteiger partial charge in [0.2, 0.25) is 0 Å². The van der Waals surface area contributed by atoms with E-state index in [1.807, 2.05) is 6.92 Å². The molecule has 0 spiro atoms. The number of thiophene rings is 1. The van der Waals surface area contributed by atoms with Crippen LogP contribution < -0.4 is 10.6 Å². The van der Waals surface area contributed by atoms with Gasteiger partial charge in [-0.2, -0.15) is 0 Å². The summed E-state index contributed by atoms with van der Waals surface area (Å²) in [6.45, 7) is 5.49. The molecule has 0 atom stereocenters. The van der Waals surface area contributed by atoms with Gasteiger partial charge in [0.25, 0.3) is 0 Å². The average Bonchev–Trinajstić information content (AvgIpc) is 2.86. The lowest BCUT2D eigenvalue weighted by atomic mass is 10.3. The number of rotatable bonds is 9. The van der Waals surface area contributed by atoms with E-state index >= 15 is 0 Å². The first-order valence-corrected chi connectivity index (χ1v) is 8.63. The van der Waals surface area contributed by atoms with Crippen LogP contribution in [0.15, 0.2) is 20.9 Å². The quantitative estimate of drug-likeness (QED) is 0.403. The van der Waals surface area contributed by atoms with Gasteiger partial charge in [-0.3, -0.25) is 4.99 Å². The minimum absolute atomic E-state index is 0.801. The minimum atomic E-state index is 0.801. The molecule has 1 heterocycles. The largest absolute Gasteiger partial charge is 0.382 e. The van der Waals surface area contributed by atoms with E-state index in [1.54, 1.807) is 18.4 Å². The monoisotopic (exact) mass is 361 g/mol. The zero-order valence-electron chi connectivity index (χ0n) is 12.2. The summed E-state index contributed by atoms with van der Waals surface area (Å²) in [7, 11) is 1.80. The SMILES string of the molecule is CCOCCCCNC(=NC)NCCc1ccc(Br)s1. The van der Waals surface area contributed by atoms with E-state index in [4.69, 9.17) is 4.74 Å². The van der Waals surface area contributed by atoms with Crippen molar-refractivity contribution in [3.05, 3.63) is 20.8 Å². The molecule has 0 aromatic carbocycles. The molecule has 2 N–H and O–H groups in total. The van der Waals surface area contributed by atoms with Gasteiger partial charge in [0, 0.05) is 38.2 Å². The topological polar surface area (TPSA) is 45.6 Å². The second-order valence-electron chi connectivity index (χ2n) is 4.29. The molecule has 0 aliphatic heterocycles. The molecule has 1 aromatic heterocycles. The molecule has 0 aliphatic carbocycles. The Balaban J connectivity index is 2.07. The van der Waals surface area contributed by atoms with Gasteiger partial charge in [0.15, 0.2) is 5.96 Å². The molecule has 0 fully saturated rings. The van der Waals surface area contributed by atoms with Gasteiger partial charge in [-0.15, -0.1) is 11.3 Å². The van der Waals surface area contributed by atoms with Gasteiger partial charge >= 0.3 is 0 Å². The lowest BCUT2D eigenvalue weighted by Crippen LogP contribution is -2.38. The van der Waals surface area contributed by atoms with Crippen LogP contribution in [0, 0.1) is 0 Å². The second kappa shape index (κ2) is 11.1. The Labute approximate surface area is 134 Å². The Morgan fingerprint density at radius 1 is 1.30 bits per heavy atom. The van der Waals surface area contributed by atoms with Crippen LogP contribution in [0.4, 0.5) is 0 Å². The molecule has 114 valence electrons. The summed E-state index contributed by atoms with van der Waals surface area (Å²) in [5.74, 6) is 0.872. The predicted molar refractivity (Wildman–Crippen MR) is 90.8 cm³/mol. The summed E-state index contributed by atoms with van der Waals surface area (Å²) in [4.78, 5) is 5.59. The fraction of sp³-hybridized carbons (Fsp3) is 0.643. The maximum Gasteiger partial charge on any atom is 0.190 e. The van der Waals surface area contributed by atoms with Crippen molar-refractivity contribution in [2.45, 2.75) is 26.2 Å². The van der Waals surface area contributed by atoms with Crippen molar-refractivity contribution in [3.63, 3.8) is 0 Å². The molecule has 1 aromatic rings. The third kappa shape index (κ3) is 7.87. The van der Waals surface area contributed by atoms with E-state index in [2.05, 4.69) is 43.7 Å². The number of halogens is 1. The van der Waals surface area contributed by atoms with Crippen LogP contribution in [-0.2, 0) is 11.2 Å².